The Morgan fingerprint density at radius 3 is 1.26 bits per heavy atom. The number of nitrogens with zero attached hydrogens (tertiary/aromatic N) is 2. The van der Waals surface area contributed by atoms with Crippen molar-refractivity contribution in [2.24, 2.45) is 10.2 Å². The van der Waals surface area contributed by atoms with Crippen molar-refractivity contribution in [1.82, 2.24) is 15.6 Å². The van der Waals surface area contributed by atoms with E-state index in [4.69, 9.17) is 9.47 Å². The number of ketones is 2. The van der Waals surface area contributed by atoms with Crippen LogP contribution in [0.4, 0.5) is 11.4 Å². The number of fused-ring (bicyclic) bond motifs is 4. The average Bonchev–Trinajstić information content (AvgIpc) is 3.73. The van der Waals surface area contributed by atoms with Crippen molar-refractivity contribution in [1.29, 1.82) is 0 Å². The number of hydrazone groups is 2. The molecule has 0 bridgehead atoms. The minimum atomic E-state index is -3.92. The number of Topliss-reactive ketones (excluding diaryl/α,β-unsaturated/α-hetero) is 2. The van der Waals surface area contributed by atoms with Crippen LogP contribution in [0.2, 0.25) is 0 Å². The molecule has 0 saturated heterocycles. The summed E-state index contributed by atoms with van der Waals surface area (Å²) >= 11 is 0. The SMILES string of the molecule is CNS(=O)(=O)c1ccc(O)c(N/N=C2\C(=O)c3ccccc3C3=C2S(=O)(=O)CO3)c1.CNS(=O)(=O)c1ccc(O)c(N/N=C2\C(=O)c3ccccc3C3=C2S(=O)(=O)CO3)c1.[Co].[NH4+]. The van der Waals surface area contributed by atoms with E-state index in [9.17, 15) is 53.5 Å². The molecule has 0 amide bonds. The number of ether oxygens (including phenoxy) is 2. The van der Waals surface area contributed by atoms with Gasteiger partial charge in [0.05, 0.1) is 21.2 Å². The molecule has 0 fully saturated rings. The molecule has 329 valence electrons. The van der Waals surface area contributed by atoms with Gasteiger partial charge in [0.2, 0.25) is 51.3 Å². The van der Waals surface area contributed by atoms with Crippen LogP contribution in [-0.2, 0) is 66.0 Å². The van der Waals surface area contributed by atoms with Crippen molar-refractivity contribution in [3.8, 4) is 11.5 Å². The van der Waals surface area contributed by atoms with Crippen LogP contribution in [0.3, 0.4) is 0 Å². The Hall–Kier alpha value is -5.97. The van der Waals surface area contributed by atoms with Crippen molar-refractivity contribution in [2.45, 2.75) is 9.79 Å². The fourth-order valence-corrected chi connectivity index (χ4v) is 10.2. The topological polar surface area (TPSA) is 339 Å². The van der Waals surface area contributed by atoms with Crippen LogP contribution in [-0.4, -0.2) is 92.8 Å². The Bertz CT molecular complexity index is 2940. The van der Waals surface area contributed by atoms with Gasteiger partial charge in [0, 0.05) is 39.0 Å². The van der Waals surface area contributed by atoms with E-state index < -0.39 is 74.6 Å². The number of nitrogens with one attached hydrogen (secondary N) is 4. The molecular weight excluding hydrogens is 942 g/mol. The van der Waals surface area contributed by atoms with Gasteiger partial charge in [-0.1, -0.05) is 48.5 Å². The molecule has 26 heteroatoms. The quantitative estimate of drug-likeness (QED) is 0.0985. The Balaban J connectivity index is 0.000000227. The number of aromatic hydroxyl groups is 2. The van der Waals surface area contributed by atoms with Gasteiger partial charge >= 0.3 is 0 Å². The van der Waals surface area contributed by atoms with Gasteiger partial charge in [-0.05, 0) is 50.5 Å². The molecule has 1 radical (unpaired) electrons. The molecule has 4 aromatic carbocycles. The molecular formula is C36H34CoN7O14S4+. The number of allylic oxidation sites excluding steroid dienone is 2. The van der Waals surface area contributed by atoms with Crippen LogP contribution in [0.1, 0.15) is 31.8 Å². The average molecular weight is 976 g/mol. The zero-order chi connectivity index (χ0) is 43.4. The predicted octanol–water partition coefficient (Wildman–Crippen LogP) is 2.45. The Morgan fingerprint density at radius 2 is 0.919 bits per heavy atom. The molecule has 0 saturated carbocycles. The standard InChI is InChI=1S/2C18H15N3O7S2.Co.H3N/c2*1-19-30(26,27)10-6-7-14(22)13(8-10)20-21-15-16(23)11-4-2-3-5-12(11)17-18(15)29(24,25)9-28-17;;/h2*2-8,19-20,22H,9H2,1H3;;1H3/p+1/b2*21-15+;;. The summed E-state index contributed by atoms with van der Waals surface area (Å²) in [5.41, 5.74) is 4.83. The largest absolute Gasteiger partial charge is 0.506 e. The van der Waals surface area contributed by atoms with Gasteiger partial charge in [-0.3, -0.25) is 20.4 Å². The van der Waals surface area contributed by atoms with Crippen molar-refractivity contribution in [3.63, 3.8) is 0 Å². The maximum Gasteiger partial charge on any atom is 0.240 e. The summed E-state index contributed by atoms with van der Waals surface area (Å²) in [6.45, 7) is 0. The Labute approximate surface area is 364 Å². The summed E-state index contributed by atoms with van der Waals surface area (Å²) < 4.78 is 113. The number of phenols is 2. The van der Waals surface area contributed by atoms with Gasteiger partial charge in [0.25, 0.3) is 0 Å². The van der Waals surface area contributed by atoms with E-state index >= 15 is 0 Å². The molecule has 0 spiro atoms. The molecule has 62 heavy (non-hydrogen) atoms. The van der Waals surface area contributed by atoms with Crippen LogP contribution in [0.15, 0.2) is 115 Å². The first-order valence-corrected chi connectivity index (χ1v) is 23.3. The number of carbonyl (C=O) groups excluding carboxylic acids is 2. The zero-order valence-corrected chi connectivity index (χ0v) is 36.5. The number of sulfone groups is 2. The molecule has 4 aromatic rings. The number of sulfonamides is 2. The number of phenolic OH excluding ortho intramolecular Hbond substituents is 2. The number of carbonyl (C=O) groups is 2. The predicted molar refractivity (Wildman–Crippen MR) is 222 cm³/mol. The number of anilines is 2. The molecule has 0 unspecified atom stereocenters. The van der Waals surface area contributed by atoms with Crippen LogP contribution >= 0.6 is 0 Å². The van der Waals surface area contributed by atoms with Crippen molar-refractivity contribution in [3.05, 3.63) is 117 Å². The number of hydrogen-bond acceptors (Lipinski definition) is 18. The van der Waals surface area contributed by atoms with Gasteiger partial charge in [-0.15, -0.1) is 0 Å². The first-order valence-electron chi connectivity index (χ1n) is 17.0. The molecule has 0 aromatic heterocycles. The smallest absolute Gasteiger partial charge is 0.240 e. The first kappa shape index (κ1) is 47.1. The van der Waals surface area contributed by atoms with Gasteiger partial charge in [-0.2, -0.15) is 10.2 Å². The number of rotatable bonds is 8. The van der Waals surface area contributed by atoms with Crippen LogP contribution in [0, 0.1) is 0 Å². The van der Waals surface area contributed by atoms with E-state index in [0.717, 1.165) is 24.3 Å². The second-order valence-corrected chi connectivity index (χ2v) is 20.3. The molecule has 2 aliphatic carbocycles. The minimum absolute atomic E-state index is 0. The molecule has 8 rings (SSSR count). The normalized spacial score (nSPS) is 18.1. The summed E-state index contributed by atoms with van der Waals surface area (Å²) in [4.78, 5) is 24.8. The molecule has 10 N–H and O–H groups in total. The number of hydrogen-bond donors (Lipinski definition) is 7. The van der Waals surface area contributed by atoms with Crippen molar-refractivity contribution >= 4 is 85.6 Å². The van der Waals surface area contributed by atoms with Crippen molar-refractivity contribution in [2.75, 3.05) is 36.8 Å². The van der Waals surface area contributed by atoms with Gasteiger partial charge in [0.1, 0.15) is 32.8 Å². The monoisotopic (exact) mass is 975 g/mol. The molecule has 21 nitrogen and oxygen atoms in total. The third kappa shape index (κ3) is 8.46. The molecule has 4 aliphatic rings. The van der Waals surface area contributed by atoms with Gasteiger partial charge < -0.3 is 25.8 Å². The number of quaternary nitrogens is 1. The summed E-state index contributed by atoms with van der Waals surface area (Å²) in [5, 5.41) is 27.9. The summed E-state index contributed by atoms with van der Waals surface area (Å²) in [6.07, 6.45) is 0. The molecule has 2 aliphatic heterocycles. The Kier molecular flexibility index (Phi) is 13.2. The maximum absolute atomic E-state index is 12.9. The van der Waals surface area contributed by atoms with E-state index in [-0.39, 0.29) is 88.0 Å². The fraction of sp³-hybridized carbons (Fsp3) is 0.111. The van der Waals surface area contributed by atoms with Crippen molar-refractivity contribution < 1.29 is 79.7 Å². The fourth-order valence-electron chi connectivity index (χ4n) is 6.15. The van der Waals surface area contributed by atoms with Gasteiger partial charge in [-0.25, -0.2) is 43.1 Å². The van der Waals surface area contributed by atoms with E-state index in [1.54, 1.807) is 36.4 Å². The van der Waals surface area contributed by atoms with Crippen LogP contribution in [0.25, 0.3) is 11.5 Å². The van der Waals surface area contributed by atoms with E-state index in [0.29, 0.717) is 11.1 Å². The third-order valence-electron chi connectivity index (χ3n) is 9.11. The van der Waals surface area contributed by atoms with E-state index in [1.807, 2.05) is 0 Å². The van der Waals surface area contributed by atoms with Crippen LogP contribution < -0.4 is 26.4 Å². The van der Waals surface area contributed by atoms with E-state index in [1.165, 1.54) is 38.4 Å². The molecule has 0 atom stereocenters. The Morgan fingerprint density at radius 1 is 0.581 bits per heavy atom. The third-order valence-corrected chi connectivity index (χ3v) is 14.8. The van der Waals surface area contributed by atoms with Gasteiger partial charge in [0.15, 0.2) is 23.3 Å². The second-order valence-electron chi connectivity index (χ2n) is 12.7. The second kappa shape index (κ2) is 17.4. The van der Waals surface area contributed by atoms with Crippen LogP contribution in [0.5, 0.6) is 11.5 Å². The summed E-state index contributed by atoms with van der Waals surface area (Å²) in [6, 6.07) is 19.5. The number of benzene rings is 4. The maximum atomic E-state index is 12.9. The summed E-state index contributed by atoms with van der Waals surface area (Å²) in [5.74, 6) is -3.19. The molecule has 2 heterocycles. The van der Waals surface area contributed by atoms with E-state index in [2.05, 4.69) is 30.5 Å². The summed E-state index contributed by atoms with van der Waals surface area (Å²) in [7, 11) is -13.0. The first-order chi connectivity index (χ1) is 28.3. The minimum Gasteiger partial charge on any atom is -0.506 e. The zero-order valence-electron chi connectivity index (χ0n) is 32.2.